The number of rotatable bonds is 10. The summed E-state index contributed by atoms with van der Waals surface area (Å²) in [6.07, 6.45) is 2.56. The molecule has 4 nitrogen and oxygen atoms in total. The van der Waals surface area contributed by atoms with Crippen LogP contribution in [0.1, 0.15) is 54.0 Å². The lowest BCUT2D eigenvalue weighted by Gasteiger charge is -2.17. The Morgan fingerprint density at radius 2 is 1.81 bits per heavy atom. The third-order valence-corrected chi connectivity index (χ3v) is 4.68. The molecule has 4 heteroatoms. The summed E-state index contributed by atoms with van der Waals surface area (Å²) in [5.74, 6) is 0.121. The summed E-state index contributed by atoms with van der Waals surface area (Å²) < 4.78 is 6.07. The molecule has 2 N–H and O–H groups in total. The Bertz CT molecular complexity index is 747. The van der Waals surface area contributed by atoms with Crippen LogP contribution in [0.15, 0.2) is 36.4 Å². The Hall–Kier alpha value is -2.33. The van der Waals surface area contributed by atoms with Crippen LogP contribution < -0.4 is 10.1 Å². The molecule has 0 amide bonds. The average molecular weight is 370 g/mol. The van der Waals surface area contributed by atoms with Crippen LogP contribution in [0.25, 0.3) is 0 Å². The van der Waals surface area contributed by atoms with E-state index in [0.717, 1.165) is 40.8 Å². The van der Waals surface area contributed by atoms with Crippen molar-refractivity contribution in [3.63, 3.8) is 0 Å². The first-order chi connectivity index (χ1) is 12.9. The highest BCUT2D eigenvalue weighted by atomic mass is 16.5. The highest BCUT2D eigenvalue weighted by Crippen LogP contribution is 2.26. The number of unbranched alkanes of at least 4 members (excludes halogenated alkanes) is 1. The molecule has 0 saturated carbocycles. The van der Waals surface area contributed by atoms with Crippen LogP contribution in [0, 0.1) is 20.8 Å². The lowest BCUT2D eigenvalue weighted by molar-refractivity contribution is -0.139. The van der Waals surface area contributed by atoms with Gasteiger partial charge in [0.1, 0.15) is 18.4 Å². The van der Waals surface area contributed by atoms with Crippen LogP contribution >= 0.6 is 0 Å². The molecule has 0 bridgehead atoms. The lowest BCUT2D eigenvalue weighted by atomic mass is 10.0. The predicted molar refractivity (Wildman–Crippen MR) is 109 cm³/mol. The van der Waals surface area contributed by atoms with Gasteiger partial charge in [-0.25, -0.2) is 0 Å². The molecule has 1 atom stereocenters. The number of hydrogen-bond donors (Lipinski definition) is 2. The van der Waals surface area contributed by atoms with Gasteiger partial charge in [-0.2, -0.15) is 0 Å². The molecular formula is C23H31NO3. The summed E-state index contributed by atoms with van der Waals surface area (Å²) in [5, 5.41) is 12.5. The molecular weight excluding hydrogens is 338 g/mol. The number of aliphatic carboxylic acids is 1. The number of carboxylic acid groups (broad SMARTS) is 1. The highest BCUT2D eigenvalue weighted by Gasteiger charge is 2.16. The second-order valence-electron chi connectivity index (χ2n) is 7.25. The number of ether oxygens (including phenoxy) is 1. The van der Waals surface area contributed by atoms with Gasteiger partial charge in [0.05, 0.1) is 0 Å². The van der Waals surface area contributed by atoms with E-state index in [9.17, 15) is 9.90 Å². The van der Waals surface area contributed by atoms with Gasteiger partial charge in [0.25, 0.3) is 0 Å². The molecule has 0 aliphatic heterocycles. The van der Waals surface area contributed by atoms with Crippen LogP contribution in [0.4, 0.5) is 0 Å². The third kappa shape index (κ3) is 6.40. The topological polar surface area (TPSA) is 58.6 Å². The summed E-state index contributed by atoms with van der Waals surface area (Å²) in [6.45, 7) is 9.30. The Morgan fingerprint density at radius 1 is 1.11 bits per heavy atom. The van der Waals surface area contributed by atoms with Crippen LogP contribution in [0.3, 0.4) is 0 Å². The maximum atomic E-state index is 11.4. The van der Waals surface area contributed by atoms with Crippen LogP contribution in [-0.2, 0) is 17.9 Å². The second-order valence-corrected chi connectivity index (χ2v) is 7.25. The number of benzene rings is 2. The Balaban J connectivity index is 2.01. The predicted octanol–water partition coefficient (Wildman–Crippen LogP) is 4.92. The van der Waals surface area contributed by atoms with Crippen molar-refractivity contribution in [1.29, 1.82) is 0 Å². The van der Waals surface area contributed by atoms with E-state index in [1.807, 2.05) is 19.9 Å². The van der Waals surface area contributed by atoms with Crippen LogP contribution in [0.2, 0.25) is 0 Å². The van der Waals surface area contributed by atoms with Gasteiger partial charge in [-0.1, -0.05) is 61.7 Å². The van der Waals surface area contributed by atoms with Crippen LogP contribution in [-0.4, -0.2) is 17.1 Å². The van der Waals surface area contributed by atoms with E-state index in [-0.39, 0.29) is 0 Å². The highest BCUT2D eigenvalue weighted by molar-refractivity contribution is 5.73. The molecule has 0 aliphatic rings. The minimum absolute atomic E-state index is 0.497. The Morgan fingerprint density at radius 3 is 2.41 bits per heavy atom. The average Bonchev–Trinajstić information content (AvgIpc) is 2.61. The zero-order chi connectivity index (χ0) is 19.8. The van der Waals surface area contributed by atoms with Crippen molar-refractivity contribution in [3.05, 3.63) is 64.2 Å². The van der Waals surface area contributed by atoms with Gasteiger partial charge in [-0.05, 0) is 49.4 Å². The molecule has 0 spiro atoms. The lowest BCUT2D eigenvalue weighted by Crippen LogP contribution is -2.36. The van der Waals surface area contributed by atoms with E-state index >= 15 is 0 Å². The summed E-state index contributed by atoms with van der Waals surface area (Å²) in [7, 11) is 0. The molecule has 1 unspecified atom stereocenters. The SMILES string of the molecule is CCCCC(NCc1cc(C)c(OCc2cccc(C)c2)c(C)c1)C(=O)O. The normalized spacial score (nSPS) is 12.0. The van der Waals surface area contributed by atoms with Gasteiger partial charge in [-0.3, -0.25) is 4.79 Å². The number of hydrogen-bond acceptors (Lipinski definition) is 3. The van der Waals surface area contributed by atoms with E-state index in [4.69, 9.17) is 4.74 Å². The van der Waals surface area contributed by atoms with Gasteiger partial charge >= 0.3 is 5.97 Å². The van der Waals surface area contributed by atoms with Gasteiger partial charge in [0, 0.05) is 6.54 Å². The molecule has 2 rings (SSSR count). The van der Waals surface area contributed by atoms with Gasteiger partial charge in [-0.15, -0.1) is 0 Å². The number of carboxylic acids is 1. The zero-order valence-electron chi connectivity index (χ0n) is 16.8. The molecule has 27 heavy (non-hydrogen) atoms. The number of aryl methyl sites for hydroxylation is 3. The summed E-state index contributed by atoms with van der Waals surface area (Å²) in [5.41, 5.74) is 5.59. The molecule has 0 saturated heterocycles. The summed E-state index contributed by atoms with van der Waals surface area (Å²) in [4.78, 5) is 11.4. The molecule has 2 aromatic carbocycles. The molecule has 2 aromatic rings. The summed E-state index contributed by atoms with van der Waals surface area (Å²) in [6, 6.07) is 12.0. The fourth-order valence-electron chi connectivity index (χ4n) is 3.29. The van der Waals surface area contributed by atoms with E-state index in [1.165, 1.54) is 5.56 Å². The molecule has 0 fully saturated rings. The van der Waals surface area contributed by atoms with Crippen molar-refractivity contribution in [2.45, 2.75) is 66.2 Å². The summed E-state index contributed by atoms with van der Waals surface area (Å²) >= 11 is 0. The minimum atomic E-state index is -0.782. The third-order valence-electron chi connectivity index (χ3n) is 4.68. The monoisotopic (exact) mass is 369 g/mol. The van der Waals surface area contributed by atoms with Crippen LogP contribution in [0.5, 0.6) is 5.75 Å². The zero-order valence-corrected chi connectivity index (χ0v) is 16.8. The van der Waals surface area contributed by atoms with E-state index < -0.39 is 12.0 Å². The first-order valence-corrected chi connectivity index (χ1v) is 9.65. The first kappa shape index (κ1) is 21.0. The first-order valence-electron chi connectivity index (χ1n) is 9.65. The quantitative estimate of drug-likeness (QED) is 0.624. The van der Waals surface area contributed by atoms with E-state index in [1.54, 1.807) is 0 Å². The van der Waals surface area contributed by atoms with E-state index in [0.29, 0.717) is 19.6 Å². The molecule has 0 heterocycles. The number of nitrogens with one attached hydrogen (secondary N) is 1. The second kappa shape index (κ2) is 10.1. The fourth-order valence-corrected chi connectivity index (χ4v) is 3.29. The molecule has 146 valence electrons. The maximum absolute atomic E-state index is 11.4. The fraction of sp³-hybridized carbons (Fsp3) is 0.435. The Labute approximate surface area is 162 Å². The van der Waals surface area contributed by atoms with Crippen molar-refractivity contribution in [3.8, 4) is 5.75 Å². The van der Waals surface area contributed by atoms with Crippen molar-refractivity contribution >= 4 is 5.97 Å². The van der Waals surface area contributed by atoms with Crippen molar-refractivity contribution < 1.29 is 14.6 Å². The van der Waals surface area contributed by atoms with Crippen molar-refractivity contribution in [2.24, 2.45) is 0 Å². The largest absolute Gasteiger partial charge is 0.488 e. The molecule has 0 aliphatic carbocycles. The van der Waals surface area contributed by atoms with Gasteiger partial charge < -0.3 is 15.2 Å². The minimum Gasteiger partial charge on any atom is -0.488 e. The molecule has 0 aromatic heterocycles. The van der Waals surface area contributed by atoms with Gasteiger partial charge in [0.2, 0.25) is 0 Å². The Kier molecular flexibility index (Phi) is 7.86. The standard InChI is InChI=1S/C23H31NO3/c1-5-6-10-21(23(25)26)24-14-20-12-17(3)22(18(4)13-20)27-15-19-9-7-8-16(2)11-19/h7-9,11-13,21,24H,5-6,10,14-15H2,1-4H3,(H,25,26). The molecule has 0 radical (unpaired) electrons. The smallest absolute Gasteiger partial charge is 0.320 e. The van der Waals surface area contributed by atoms with E-state index in [2.05, 4.69) is 49.5 Å². The maximum Gasteiger partial charge on any atom is 0.320 e. The van der Waals surface area contributed by atoms with Crippen molar-refractivity contribution in [2.75, 3.05) is 0 Å². The van der Waals surface area contributed by atoms with Crippen molar-refractivity contribution in [1.82, 2.24) is 5.32 Å². The number of carbonyl (C=O) groups is 1. The van der Waals surface area contributed by atoms with Gasteiger partial charge in [0.15, 0.2) is 0 Å².